The zero-order valence-corrected chi connectivity index (χ0v) is 17.0. The van der Waals surface area contributed by atoms with Gasteiger partial charge < -0.3 is 14.6 Å². The van der Waals surface area contributed by atoms with Crippen molar-refractivity contribution in [3.05, 3.63) is 63.4 Å². The Kier molecular flexibility index (Phi) is 6.35. The fourth-order valence-electron chi connectivity index (χ4n) is 2.83. The number of para-hydroxylation sites is 2. The summed E-state index contributed by atoms with van der Waals surface area (Å²) < 4.78 is 45.6. The first-order chi connectivity index (χ1) is 15.0. The quantitative estimate of drug-likeness (QED) is 0.328. The molecule has 0 saturated heterocycles. The number of rotatable bonds is 6. The molecule has 0 radical (unpaired) electrons. The summed E-state index contributed by atoms with van der Waals surface area (Å²) in [5.41, 5.74) is -0.314. The van der Waals surface area contributed by atoms with Gasteiger partial charge in [0.25, 0.3) is 11.6 Å². The van der Waals surface area contributed by atoms with Crippen LogP contribution in [0.5, 0.6) is 0 Å². The van der Waals surface area contributed by atoms with Crippen LogP contribution in [-0.2, 0) is 27.0 Å². The molecular weight excluding hydrogens is 457 g/mol. The van der Waals surface area contributed by atoms with Gasteiger partial charge in [-0.3, -0.25) is 19.7 Å². The summed E-state index contributed by atoms with van der Waals surface area (Å²) in [5, 5.41) is 13.2. The van der Waals surface area contributed by atoms with E-state index in [-0.39, 0.29) is 27.4 Å². The number of imidazole rings is 1. The number of nitrogens with one attached hydrogen (secondary N) is 1. The Balaban J connectivity index is 1.74. The number of nitro benzene ring substituents is 1. The SMILES string of the molecule is CC(OC(=O)Cn1c(C(F)(F)F)nc2ccccc21)C(=O)Nc1cc([N+](=O)[O-])ccc1Cl. The molecule has 1 amide bonds. The van der Waals surface area contributed by atoms with Crippen molar-refractivity contribution in [3.63, 3.8) is 0 Å². The number of nitrogens with zero attached hydrogens (tertiary/aromatic N) is 3. The number of alkyl halides is 3. The summed E-state index contributed by atoms with van der Waals surface area (Å²) in [4.78, 5) is 38.3. The van der Waals surface area contributed by atoms with E-state index in [0.717, 1.165) is 12.1 Å². The van der Waals surface area contributed by atoms with Crippen LogP contribution >= 0.6 is 11.6 Å². The molecule has 0 bridgehead atoms. The predicted molar refractivity (Wildman–Crippen MR) is 107 cm³/mol. The number of non-ortho nitro benzene ring substituents is 1. The van der Waals surface area contributed by atoms with Gasteiger partial charge >= 0.3 is 12.1 Å². The third kappa shape index (κ3) is 4.97. The second-order valence-electron chi connectivity index (χ2n) is 6.55. The van der Waals surface area contributed by atoms with E-state index < -0.39 is 41.4 Å². The summed E-state index contributed by atoms with van der Waals surface area (Å²) in [6, 6.07) is 9.08. The summed E-state index contributed by atoms with van der Waals surface area (Å²) in [6.07, 6.45) is -6.25. The van der Waals surface area contributed by atoms with Gasteiger partial charge in [0.15, 0.2) is 6.10 Å². The van der Waals surface area contributed by atoms with Crippen LogP contribution in [0.15, 0.2) is 42.5 Å². The van der Waals surface area contributed by atoms with Gasteiger partial charge in [0, 0.05) is 12.1 Å². The third-order valence-electron chi connectivity index (χ3n) is 4.29. The van der Waals surface area contributed by atoms with Crippen LogP contribution in [0.1, 0.15) is 12.7 Å². The lowest BCUT2D eigenvalue weighted by molar-refractivity contribution is -0.384. The largest absolute Gasteiger partial charge is 0.451 e. The second kappa shape index (κ2) is 8.83. The number of halogens is 4. The van der Waals surface area contributed by atoms with Crippen LogP contribution in [0.25, 0.3) is 11.0 Å². The van der Waals surface area contributed by atoms with Gasteiger partial charge in [-0.05, 0) is 25.1 Å². The lowest BCUT2D eigenvalue weighted by Crippen LogP contribution is -2.31. The standard InChI is InChI=1S/C19H14ClF3N4O5/c1-10(17(29)24-14-8-11(27(30)31)6-7-12(14)20)32-16(28)9-26-15-5-3-2-4-13(15)25-18(26)19(21,22)23/h2-8,10H,9H2,1H3,(H,24,29). The third-order valence-corrected chi connectivity index (χ3v) is 4.62. The molecule has 1 aromatic heterocycles. The molecular formula is C19H14ClF3N4O5. The van der Waals surface area contributed by atoms with Crippen molar-refractivity contribution in [3.8, 4) is 0 Å². The molecule has 3 rings (SSSR count). The number of nitro groups is 1. The van der Waals surface area contributed by atoms with E-state index in [1.54, 1.807) is 0 Å². The Labute approximate surface area is 182 Å². The van der Waals surface area contributed by atoms with E-state index in [1.807, 2.05) is 0 Å². The van der Waals surface area contributed by atoms with E-state index >= 15 is 0 Å². The minimum absolute atomic E-state index is 0.00202. The molecule has 0 saturated carbocycles. The van der Waals surface area contributed by atoms with Gasteiger partial charge in [-0.25, -0.2) is 4.98 Å². The highest BCUT2D eigenvalue weighted by molar-refractivity contribution is 6.33. The summed E-state index contributed by atoms with van der Waals surface area (Å²) in [7, 11) is 0. The molecule has 0 spiro atoms. The number of amides is 1. The van der Waals surface area contributed by atoms with Crippen molar-refractivity contribution in [1.82, 2.24) is 9.55 Å². The van der Waals surface area contributed by atoms with Gasteiger partial charge in [-0.2, -0.15) is 13.2 Å². The van der Waals surface area contributed by atoms with Crippen molar-refractivity contribution < 1.29 is 32.4 Å². The molecule has 168 valence electrons. The lowest BCUT2D eigenvalue weighted by atomic mass is 10.2. The maximum Gasteiger partial charge on any atom is 0.449 e. The van der Waals surface area contributed by atoms with E-state index in [2.05, 4.69) is 10.3 Å². The number of hydrogen-bond acceptors (Lipinski definition) is 6. The van der Waals surface area contributed by atoms with Crippen LogP contribution < -0.4 is 5.32 Å². The molecule has 1 atom stereocenters. The van der Waals surface area contributed by atoms with Crippen LogP contribution in [0.4, 0.5) is 24.5 Å². The Morgan fingerprint density at radius 3 is 2.62 bits per heavy atom. The van der Waals surface area contributed by atoms with E-state index in [1.165, 1.54) is 37.3 Å². The number of carbonyl (C=O) groups is 2. The highest BCUT2D eigenvalue weighted by Crippen LogP contribution is 2.31. The molecule has 32 heavy (non-hydrogen) atoms. The van der Waals surface area contributed by atoms with Crippen LogP contribution in [0, 0.1) is 10.1 Å². The lowest BCUT2D eigenvalue weighted by Gasteiger charge is -2.16. The minimum atomic E-state index is -4.82. The normalized spacial score (nSPS) is 12.4. The van der Waals surface area contributed by atoms with Crippen molar-refractivity contribution in [2.45, 2.75) is 25.7 Å². The topological polar surface area (TPSA) is 116 Å². The average Bonchev–Trinajstić information content (AvgIpc) is 3.08. The fourth-order valence-corrected chi connectivity index (χ4v) is 2.99. The Bertz CT molecular complexity index is 1210. The molecule has 1 heterocycles. The molecule has 2 aromatic carbocycles. The minimum Gasteiger partial charge on any atom is -0.451 e. The number of hydrogen-bond donors (Lipinski definition) is 1. The first-order valence-electron chi connectivity index (χ1n) is 8.94. The summed E-state index contributed by atoms with van der Waals surface area (Å²) in [6.45, 7) is 0.347. The predicted octanol–water partition coefficient (Wildman–Crippen LogP) is 4.19. The number of esters is 1. The number of fused-ring (bicyclic) bond motifs is 1. The number of carbonyl (C=O) groups excluding carboxylic acids is 2. The molecule has 9 nitrogen and oxygen atoms in total. The number of ether oxygens (including phenoxy) is 1. The first-order valence-corrected chi connectivity index (χ1v) is 9.32. The highest BCUT2D eigenvalue weighted by atomic mass is 35.5. The summed E-state index contributed by atoms with van der Waals surface area (Å²) >= 11 is 5.90. The molecule has 0 fully saturated rings. The van der Waals surface area contributed by atoms with Gasteiger partial charge in [0.2, 0.25) is 5.82 Å². The molecule has 13 heteroatoms. The Morgan fingerprint density at radius 1 is 1.28 bits per heavy atom. The van der Waals surface area contributed by atoms with Crippen molar-refractivity contribution >= 4 is 45.9 Å². The maximum atomic E-state index is 13.3. The summed E-state index contributed by atoms with van der Waals surface area (Å²) in [5.74, 6) is -3.28. The van der Waals surface area contributed by atoms with Crippen LogP contribution in [0.3, 0.4) is 0 Å². The zero-order valence-electron chi connectivity index (χ0n) is 16.2. The molecule has 1 unspecified atom stereocenters. The first kappa shape index (κ1) is 23.0. The van der Waals surface area contributed by atoms with E-state index in [0.29, 0.717) is 4.57 Å². The van der Waals surface area contributed by atoms with Crippen LogP contribution in [0.2, 0.25) is 5.02 Å². The molecule has 0 aliphatic rings. The van der Waals surface area contributed by atoms with E-state index in [4.69, 9.17) is 16.3 Å². The molecule has 1 N–H and O–H groups in total. The fraction of sp³-hybridized carbons (Fsp3) is 0.211. The van der Waals surface area contributed by atoms with Crippen molar-refractivity contribution in [2.24, 2.45) is 0 Å². The van der Waals surface area contributed by atoms with Crippen LogP contribution in [-0.4, -0.2) is 32.5 Å². The Morgan fingerprint density at radius 2 is 1.97 bits per heavy atom. The average molecular weight is 471 g/mol. The zero-order chi connectivity index (χ0) is 23.6. The second-order valence-corrected chi connectivity index (χ2v) is 6.96. The molecule has 3 aromatic rings. The highest BCUT2D eigenvalue weighted by Gasteiger charge is 2.38. The smallest absolute Gasteiger partial charge is 0.449 e. The van der Waals surface area contributed by atoms with E-state index in [9.17, 15) is 32.9 Å². The van der Waals surface area contributed by atoms with Gasteiger partial charge in [-0.1, -0.05) is 23.7 Å². The van der Waals surface area contributed by atoms with Gasteiger partial charge in [-0.15, -0.1) is 0 Å². The maximum absolute atomic E-state index is 13.3. The molecule has 0 aliphatic heterocycles. The van der Waals surface area contributed by atoms with Crippen molar-refractivity contribution in [1.29, 1.82) is 0 Å². The van der Waals surface area contributed by atoms with Gasteiger partial charge in [0.05, 0.1) is 26.7 Å². The molecule has 0 aliphatic carbocycles. The Hall–Kier alpha value is -3.67. The number of anilines is 1. The van der Waals surface area contributed by atoms with Gasteiger partial charge in [0.1, 0.15) is 6.54 Å². The number of aromatic nitrogens is 2. The monoisotopic (exact) mass is 470 g/mol. The number of benzene rings is 2. The van der Waals surface area contributed by atoms with Crippen molar-refractivity contribution in [2.75, 3.05) is 5.32 Å².